The maximum absolute atomic E-state index is 12.3. The normalized spacial score (nSPS) is 10.9. The molecule has 0 aliphatic carbocycles. The number of aromatic nitrogens is 2. The van der Waals surface area contributed by atoms with Crippen molar-refractivity contribution >= 4 is 44.1 Å². The Morgan fingerprint density at radius 3 is 2.83 bits per heavy atom. The summed E-state index contributed by atoms with van der Waals surface area (Å²) in [5, 5.41) is 0.563. The van der Waals surface area contributed by atoms with Gasteiger partial charge in [0.15, 0.2) is 0 Å². The zero-order valence-electron chi connectivity index (χ0n) is 13.1. The quantitative estimate of drug-likeness (QED) is 0.707. The lowest BCUT2D eigenvalue weighted by atomic mass is 10.2. The van der Waals surface area contributed by atoms with E-state index in [0.29, 0.717) is 36.1 Å². The number of nitrogens with one attached hydrogen (secondary N) is 1. The Labute approximate surface area is 151 Å². The second-order valence-electron chi connectivity index (χ2n) is 5.49. The number of benzene rings is 1. The number of H-pyrrole nitrogens is 1. The molecular formula is C17H16BrN3O2S. The minimum atomic E-state index is -0.167. The molecule has 2 aromatic heterocycles. The number of aromatic amines is 1. The number of halogens is 1. The highest BCUT2D eigenvalue weighted by Gasteiger charge is 2.12. The van der Waals surface area contributed by atoms with Crippen LogP contribution in [-0.2, 0) is 17.8 Å². The van der Waals surface area contributed by atoms with E-state index >= 15 is 0 Å². The van der Waals surface area contributed by atoms with Crippen molar-refractivity contribution in [1.82, 2.24) is 14.9 Å². The summed E-state index contributed by atoms with van der Waals surface area (Å²) in [6, 6.07) is 11.2. The Kier molecular flexibility index (Phi) is 5.11. The SMILES string of the molecule is CN(Cc1ccc(Br)s1)C(=O)CCc1nc2ccccc2c(=O)[nH]1. The summed E-state index contributed by atoms with van der Waals surface area (Å²) in [6.07, 6.45) is 0.724. The van der Waals surface area contributed by atoms with Crippen molar-refractivity contribution in [1.29, 1.82) is 0 Å². The number of para-hydroxylation sites is 1. The van der Waals surface area contributed by atoms with E-state index in [0.717, 1.165) is 8.66 Å². The number of hydrogen-bond acceptors (Lipinski definition) is 4. The monoisotopic (exact) mass is 405 g/mol. The first-order chi connectivity index (χ1) is 11.5. The fourth-order valence-corrected chi connectivity index (χ4v) is 3.96. The van der Waals surface area contributed by atoms with Gasteiger partial charge in [-0.1, -0.05) is 12.1 Å². The predicted molar refractivity (Wildman–Crippen MR) is 99.2 cm³/mol. The van der Waals surface area contributed by atoms with Gasteiger partial charge in [0.25, 0.3) is 5.56 Å². The molecule has 5 nitrogen and oxygen atoms in total. The van der Waals surface area contributed by atoms with Crippen LogP contribution in [-0.4, -0.2) is 27.8 Å². The van der Waals surface area contributed by atoms with E-state index < -0.39 is 0 Å². The van der Waals surface area contributed by atoms with Crippen molar-refractivity contribution in [2.75, 3.05) is 7.05 Å². The maximum Gasteiger partial charge on any atom is 0.258 e. The number of rotatable bonds is 5. The van der Waals surface area contributed by atoms with Gasteiger partial charge >= 0.3 is 0 Å². The molecule has 0 saturated heterocycles. The summed E-state index contributed by atoms with van der Waals surface area (Å²) in [7, 11) is 1.78. The highest BCUT2D eigenvalue weighted by atomic mass is 79.9. The van der Waals surface area contributed by atoms with E-state index in [9.17, 15) is 9.59 Å². The number of carbonyl (C=O) groups is 1. The molecule has 0 saturated carbocycles. The van der Waals surface area contributed by atoms with Crippen molar-refractivity contribution < 1.29 is 4.79 Å². The number of amides is 1. The molecule has 24 heavy (non-hydrogen) atoms. The van der Waals surface area contributed by atoms with E-state index in [1.165, 1.54) is 0 Å². The van der Waals surface area contributed by atoms with Crippen LogP contribution in [0.3, 0.4) is 0 Å². The molecule has 1 N–H and O–H groups in total. The molecule has 124 valence electrons. The highest BCUT2D eigenvalue weighted by molar-refractivity contribution is 9.11. The number of nitrogens with zero attached hydrogens (tertiary/aromatic N) is 2. The fourth-order valence-electron chi connectivity index (χ4n) is 2.43. The Bertz CT molecular complexity index is 935. The molecule has 0 fully saturated rings. The van der Waals surface area contributed by atoms with Gasteiger partial charge in [0.1, 0.15) is 5.82 Å². The Morgan fingerprint density at radius 2 is 2.08 bits per heavy atom. The summed E-state index contributed by atoms with van der Waals surface area (Å²) >= 11 is 5.03. The van der Waals surface area contributed by atoms with E-state index in [1.807, 2.05) is 18.2 Å². The van der Waals surface area contributed by atoms with Gasteiger partial charge in [-0.05, 0) is 40.2 Å². The lowest BCUT2D eigenvalue weighted by molar-refractivity contribution is -0.130. The standard InChI is InChI=1S/C17H16BrN3O2S/c1-21(10-11-6-7-14(18)24-11)16(22)9-8-15-19-13-5-3-2-4-12(13)17(23)20-15/h2-7H,8-10H2,1H3,(H,19,20,23). The summed E-state index contributed by atoms with van der Waals surface area (Å²) in [5.74, 6) is 0.564. The van der Waals surface area contributed by atoms with Crippen LogP contribution >= 0.6 is 27.3 Å². The molecule has 0 radical (unpaired) electrons. The predicted octanol–water partition coefficient (Wildman–Crippen LogP) is 3.34. The Balaban J connectivity index is 1.64. The van der Waals surface area contributed by atoms with Crippen molar-refractivity contribution in [3.05, 3.63) is 61.2 Å². The summed E-state index contributed by atoms with van der Waals surface area (Å²) in [4.78, 5) is 34.3. The molecule has 0 bridgehead atoms. The average Bonchev–Trinajstić information content (AvgIpc) is 2.97. The molecule has 7 heteroatoms. The fraction of sp³-hybridized carbons (Fsp3) is 0.235. The molecule has 0 aliphatic heterocycles. The van der Waals surface area contributed by atoms with Gasteiger partial charge in [0.05, 0.1) is 21.2 Å². The number of fused-ring (bicyclic) bond motifs is 1. The third-order valence-electron chi connectivity index (χ3n) is 3.69. The first-order valence-electron chi connectivity index (χ1n) is 7.49. The van der Waals surface area contributed by atoms with Crippen LogP contribution < -0.4 is 5.56 Å². The zero-order chi connectivity index (χ0) is 17.1. The number of carbonyl (C=O) groups excluding carboxylic acids is 1. The van der Waals surface area contributed by atoms with Gasteiger partial charge < -0.3 is 9.88 Å². The van der Waals surface area contributed by atoms with Gasteiger partial charge in [0, 0.05) is 24.8 Å². The van der Waals surface area contributed by atoms with Crippen molar-refractivity contribution in [2.45, 2.75) is 19.4 Å². The number of aryl methyl sites for hydroxylation is 1. The summed E-state index contributed by atoms with van der Waals surface area (Å²) in [5.41, 5.74) is 0.486. The van der Waals surface area contributed by atoms with Gasteiger partial charge in [-0.15, -0.1) is 11.3 Å². The molecule has 0 spiro atoms. The van der Waals surface area contributed by atoms with Gasteiger partial charge in [-0.2, -0.15) is 0 Å². The molecule has 1 amide bonds. The number of hydrogen-bond donors (Lipinski definition) is 1. The van der Waals surface area contributed by atoms with Crippen LogP contribution in [0.4, 0.5) is 0 Å². The third kappa shape index (κ3) is 3.91. The molecular weight excluding hydrogens is 390 g/mol. The first-order valence-corrected chi connectivity index (χ1v) is 9.10. The van der Waals surface area contributed by atoms with Crippen LogP contribution in [0.25, 0.3) is 10.9 Å². The zero-order valence-corrected chi connectivity index (χ0v) is 15.5. The molecule has 3 aromatic rings. The first kappa shape index (κ1) is 16.9. The molecule has 2 heterocycles. The maximum atomic E-state index is 12.3. The Morgan fingerprint density at radius 1 is 1.29 bits per heavy atom. The van der Waals surface area contributed by atoms with E-state index in [-0.39, 0.29) is 11.5 Å². The summed E-state index contributed by atoms with van der Waals surface area (Å²) < 4.78 is 1.05. The molecule has 1 aromatic carbocycles. The van der Waals surface area contributed by atoms with Gasteiger partial charge in [-0.25, -0.2) is 4.98 Å². The smallest absolute Gasteiger partial charge is 0.258 e. The highest BCUT2D eigenvalue weighted by Crippen LogP contribution is 2.23. The molecule has 0 aliphatic rings. The van der Waals surface area contributed by atoms with Crippen LogP contribution in [0.2, 0.25) is 0 Å². The van der Waals surface area contributed by atoms with Gasteiger partial charge in [0.2, 0.25) is 5.91 Å². The van der Waals surface area contributed by atoms with E-state index in [2.05, 4.69) is 25.9 Å². The van der Waals surface area contributed by atoms with Crippen LogP contribution in [0.15, 0.2) is 45.0 Å². The van der Waals surface area contributed by atoms with E-state index in [4.69, 9.17) is 0 Å². The molecule has 0 atom stereocenters. The van der Waals surface area contributed by atoms with Crippen molar-refractivity contribution in [3.8, 4) is 0 Å². The van der Waals surface area contributed by atoms with Crippen molar-refractivity contribution in [3.63, 3.8) is 0 Å². The number of thiophene rings is 1. The Hall–Kier alpha value is -1.99. The minimum Gasteiger partial charge on any atom is -0.341 e. The van der Waals surface area contributed by atoms with Gasteiger partial charge in [-0.3, -0.25) is 9.59 Å². The third-order valence-corrected chi connectivity index (χ3v) is 5.29. The second kappa shape index (κ2) is 7.27. The van der Waals surface area contributed by atoms with Crippen LogP contribution in [0.1, 0.15) is 17.1 Å². The molecule has 3 rings (SSSR count). The van der Waals surface area contributed by atoms with Crippen LogP contribution in [0.5, 0.6) is 0 Å². The van der Waals surface area contributed by atoms with E-state index in [1.54, 1.807) is 41.5 Å². The lowest BCUT2D eigenvalue weighted by Gasteiger charge is -2.16. The molecule has 0 unspecified atom stereocenters. The average molecular weight is 406 g/mol. The van der Waals surface area contributed by atoms with Crippen LogP contribution in [0, 0.1) is 0 Å². The largest absolute Gasteiger partial charge is 0.341 e. The topological polar surface area (TPSA) is 66.1 Å². The second-order valence-corrected chi connectivity index (χ2v) is 8.03. The lowest BCUT2D eigenvalue weighted by Crippen LogP contribution is -2.26. The summed E-state index contributed by atoms with van der Waals surface area (Å²) in [6.45, 7) is 0.580. The van der Waals surface area contributed by atoms with Crippen molar-refractivity contribution in [2.24, 2.45) is 0 Å². The minimum absolute atomic E-state index is 0.0235.